The molecule has 0 spiro atoms. The summed E-state index contributed by atoms with van der Waals surface area (Å²) in [6, 6.07) is 0. The summed E-state index contributed by atoms with van der Waals surface area (Å²) in [6.45, 7) is 5.81. The number of hydrogen-bond acceptors (Lipinski definition) is 6. The van der Waals surface area contributed by atoms with Gasteiger partial charge in [-0.1, -0.05) is 0 Å². The molecule has 0 saturated carbocycles. The van der Waals surface area contributed by atoms with E-state index in [1.807, 2.05) is 14.0 Å². The first kappa shape index (κ1) is 15.2. The van der Waals surface area contributed by atoms with Gasteiger partial charge in [-0.05, 0) is 13.8 Å². The van der Waals surface area contributed by atoms with Crippen molar-refractivity contribution in [3.8, 4) is 0 Å². The monoisotopic (exact) mass is 324 g/mol. The zero-order chi connectivity index (χ0) is 15.9. The van der Waals surface area contributed by atoms with Gasteiger partial charge in [-0.15, -0.1) is 0 Å². The summed E-state index contributed by atoms with van der Waals surface area (Å²) >= 11 is 0. The first-order chi connectivity index (χ1) is 10.4. The Hall–Kier alpha value is -1.74. The molecule has 0 bridgehead atoms. The maximum absolute atomic E-state index is 11.9. The highest BCUT2D eigenvalue weighted by atomic mass is 32.2. The van der Waals surface area contributed by atoms with Gasteiger partial charge in [0.15, 0.2) is 5.82 Å². The molecule has 0 atom stereocenters. The van der Waals surface area contributed by atoms with Gasteiger partial charge in [0.25, 0.3) is 0 Å². The van der Waals surface area contributed by atoms with E-state index in [0.29, 0.717) is 26.2 Å². The van der Waals surface area contributed by atoms with Crippen LogP contribution in [0.25, 0.3) is 11.0 Å². The summed E-state index contributed by atoms with van der Waals surface area (Å²) in [4.78, 5) is 10.8. The molecule has 22 heavy (non-hydrogen) atoms. The van der Waals surface area contributed by atoms with Gasteiger partial charge in [0.1, 0.15) is 17.4 Å². The van der Waals surface area contributed by atoms with Crippen LogP contribution in [0.15, 0.2) is 6.33 Å². The Morgan fingerprint density at radius 1 is 1.18 bits per heavy atom. The van der Waals surface area contributed by atoms with Crippen molar-refractivity contribution in [1.29, 1.82) is 0 Å². The summed E-state index contributed by atoms with van der Waals surface area (Å²) in [5.74, 6) is 0.965. The second-order valence-corrected chi connectivity index (χ2v) is 7.65. The minimum atomic E-state index is -3.12. The number of piperazine rings is 1. The SMILES string of the molecule is CCS(=O)(=O)N1CCN(c2ncnc3c(C)nn(C)c23)CC1. The van der Waals surface area contributed by atoms with Gasteiger partial charge in [0, 0.05) is 33.2 Å². The molecule has 3 heterocycles. The van der Waals surface area contributed by atoms with Gasteiger partial charge < -0.3 is 4.90 Å². The van der Waals surface area contributed by atoms with E-state index in [1.54, 1.807) is 22.2 Å². The van der Waals surface area contributed by atoms with Crippen LogP contribution in [-0.4, -0.2) is 64.4 Å². The molecule has 1 aliphatic heterocycles. The zero-order valence-corrected chi connectivity index (χ0v) is 13.8. The van der Waals surface area contributed by atoms with Crippen molar-refractivity contribution in [2.24, 2.45) is 7.05 Å². The van der Waals surface area contributed by atoms with Crippen molar-refractivity contribution in [2.75, 3.05) is 36.8 Å². The highest BCUT2D eigenvalue weighted by Crippen LogP contribution is 2.25. The number of rotatable bonds is 3. The molecule has 9 heteroatoms. The molecule has 1 fully saturated rings. The van der Waals surface area contributed by atoms with Crippen LogP contribution in [0, 0.1) is 6.92 Å². The average Bonchev–Trinajstić information content (AvgIpc) is 2.82. The van der Waals surface area contributed by atoms with E-state index in [9.17, 15) is 8.42 Å². The van der Waals surface area contributed by atoms with Gasteiger partial charge in [0.05, 0.1) is 11.4 Å². The fourth-order valence-corrected chi connectivity index (χ4v) is 3.93. The van der Waals surface area contributed by atoms with Crippen LogP contribution in [-0.2, 0) is 17.1 Å². The molecule has 0 aromatic carbocycles. The van der Waals surface area contributed by atoms with Gasteiger partial charge in [0.2, 0.25) is 10.0 Å². The second kappa shape index (κ2) is 5.47. The maximum atomic E-state index is 11.9. The molecular formula is C13H20N6O2S. The van der Waals surface area contributed by atoms with Gasteiger partial charge >= 0.3 is 0 Å². The molecule has 8 nitrogen and oxygen atoms in total. The van der Waals surface area contributed by atoms with Crippen LogP contribution in [0.4, 0.5) is 5.82 Å². The van der Waals surface area contributed by atoms with Crippen LogP contribution in [0.2, 0.25) is 0 Å². The van der Waals surface area contributed by atoms with Crippen molar-refractivity contribution in [2.45, 2.75) is 13.8 Å². The molecule has 1 aliphatic rings. The predicted molar refractivity (Wildman–Crippen MR) is 84.3 cm³/mol. The Morgan fingerprint density at radius 3 is 2.50 bits per heavy atom. The molecule has 0 aliphatic carbocycles. The lowest BCUT2D eigenvalue weighted by Gasteiger charge is -2.34. The highest BCUT2D eigenvalue weighted by molar-refractivity contribution is 7.89. The van der Waals surface area contributed by atoms with Gasteiger partial charge in [-0.3, -0.25) is 4.68 Å². The van der Waals surface area contributed by atoms with E-state index < -0.39 is 10.0 Å². The summed E-state index contributed by atoms with van der Waals surface area (Å²) < 4.78 is 27.2. The summed E-state index contributed by atoms with van der Waals surface area (Å²) in [5.41, 5.74) is 2.61. The molecule has 3 rings (SSSR count). The zero-order valence-electron chi connectivity index (χ0n) is 13.0. The standard InChI is InChI=1S/C13H20N6O2S/c1-4-22(20,21)19-7-5-18(6-8-19)13-12-11(14-9-15-13)10(2)16-17(12)3/h9H,4-8H2,1-3H3. The van der Waals surface area contributed by atoms with Crippen LogP contribution in [0.3, 0.4) is 0 Å². The maximum Gasteiger partial charge on any atom is 0.213 e. The Bertz CT molecular complexity index is 792. The molecule has 0 amide bonds. The lowest BCUT2D eigenvalue weighted by Crippen LogP contribution is -2.49. The molecule has 0 unspecified atom stereocenters. The quantitative estimate of drug-likeness (QED) is 0.799. The third-order valence-corrected chi connectivity index (χ3v) is 5.95. The first-order valence-corrected chi connectivity index (χ1v) is 8.92. The molecule has 120 valence electrons. The largest absolute Gasteiger partial charge is 0.352 e. The van der Waals surface area contributed by atoms with Crippen molar-refractivity contribution < 1.29 is 8.42 Å². The second-order valence-electron chi connectivity index (χ2n) is 5.39. The van der Waals surface area contributed by atoms with Gasteiger partial charge in [-0.2, -0.15) is 9.40 Å². The third kappa shape index (κ3) is 2.44. The molecule has 0 radical (unpaired) electrons. The number of anilines is 1. The van der Waals surface area contributed by atoms with Crippen molar-refractivity contribution in [3.63, 3.8) is 0 Å². The van der Waals surface area contributed by atoms with E-state index in [0.717, 1.165) is 22.5 Å². The molecule has 0 N–H and O–H groups in total. The van der Waals surface area contributed by atoms with E-state index >= 15 is 0 Å². The fraction of sp³-hybridized carbons (Fsp3) is 0.615. The number of fused-ring (bicyclic) bond motifs is 1. The van der Waals surface area contributed by atoms with Crippen LogP contribution < -0.4 is 4.90 Å². The Morgan fingerprint density at radius 2 is 1.86 bits per heavy atom. The van der Waals surface area contributed by atoms with Crippen molar-refractivity contribution >= 4 is 26.9 Å². The van der Waals surface area contributed by atoms with E-state index in [4.69, 9.17) is 0 Å². The lowest BCUT2D eigenvalue weighted by atomic mass is 10.3. The number of hydrogen-bond donors (Lipinski definition) is 0. The van der Waals surface area contributed by atoms with Crippen molar-refractivity contribution in [1.82, 2.24) is 24.1 Å². The number of aromatic nitrogens is 4. The summed E-state index contributed by atoms with van der Waals surface area (Å²) in [6.07, 6.45) is 1.54. The summed E-state index contributed by atoms with van der Waals surface area (Å²) in [7, 11) is -1.24. The number of sulfonamides is 1. The first-order valence-electron chi connectivity index (χ1n) is 7.31. The van der Waals surface area contributed by atoms with Crippen LogP contribution in [0.5, 0.6) is 0 Å². The van der Waals surface area contributed by atoms with E-state index in [2.05, 4.69) is 20.0 Å². The van der Waals surface area contributed by atoms with E-state index in [1.165, 1.54) is 0 Å². The predicted octanol–water partition coefficient (Wildman–Crippen LogP) is 0.143. The third-order valence-electron chi connectivity index (χ3n) is 4.07. The minimum absolute atomic E-state index is 0.145. The number of aryl methyl sites for hydroxylation is 2. The molecular weight excluding hydrogens is 304 g/mol. The Balaban J connectivity index is 1.89. The summed E-state index contributed by atoms with van der Waals surface area (Å²) in [5, 5.41) is 4.39. The van der Waals surface area contributed by atoms with Crippen LogP contribution in [0.1, 0.15) is 12.6 Å². The fourth-order valence-electron chi connectivity index (χ4n) is 2.85. The topological polar surface area (TPSA) is 84.2 Å². The molecule has 1 saturated heterocycles. The van der Waals surface area contributed by atoms with Crippen LogP contribution >= 0.6 is 0 Å². The van der Waals surface area contributed by atoms with Gasteiger partial charge in [-0.25, -0.2) is 18.4 Å². The Kier molecular flexibility index (Phi) is 3.77. The lowest BCUT2D eigenvalue weighted by molar-refractivity contribution is 0.384. The molecule has 2 aromatic heterocycles. The van der Waals surface area contributed by atoms with E-state index in [-0.39, 0.29) is 5.75 Å². The normalized spacial score (nSPS) is 17.3. The average molecular weight is 324 g/mol. The smallest absolute Gasteiger partial charge is 0.213 e. The molecule has 2 aromatic rings. The minimum Gasteiger partial charge on any atom is -0.352 e. The number of nitrogens with zero attached hydrogens (tertiary/aromatic N) is 6. The highest BCUT2D eigenvalue weighted by Gasteiger charge is 2.27. The van der Waals surface area contributed by atoms with Crippen molar-refractivity contribution in [3.05, 3.63) is 12.0 Å². The Labute approximate surface area is 129 Å².